The normalized spacial score (nSPS) is 17.7. The zero-order valence-corrected chi connectivity index (χ0v) is 15.2. The second kappa shape index (κ2) is 8.88. The van der Waals surface area contributed by atoms with Crippen LogP contribution in [0.1, 0.15) is 42.5 Å². The van der Waals surface area contributed by atoms with E-state index in [1.807, 2.05) is 59.5 Å². The molecule has 0 bridgehead atoms. The van der Waals surface area contributed by atoms with Gasteiger partial charge in [-0.3, -0.25) is 4.79 Å². The van der Waals surface area contributed by atoms with E-state index in [0.29, 0.717) is 6.42 Å². The molecule has 0 spiro atoms. The van der Waals surface area contributed by atoms with Crippen LogP contribution in [0.3, 0.4) is 0 Å². The fraction of sp³-hybridized carbons (Fsp3) is 0.350. The molecular formula is C20H25ClN2O2. The van der Waals surface area contributed by atoms with Gasteiger partial charge in [0.05, 0.1) is 13.2 Å². The summed E-state index contributed by atoms with van der Waals surface area (Å²) in [5, 5.41) is 0. The first kappa shape index (κ1) is 19.3. The van der Waals surface area contributed by atoms with Crippen molar-refractivity contribution in [1.29, 1.82) is 0 Å². The minimum absolute atomic E-state index is 0. The molecule has 1 heterocycles. The van der Waals surface area contributed by atoms with Crippen LogP contribution in [0, 0.1) is 0 Å². The second-order valence-electron chi connectivity index (χ2n) is 6.24. The van der Waals surface area contributed by atoms with Crippen LogP contribution in [0.5, 0.6) is 5.75 Å². The van der Waals surface area contributed by atoms with Crippen LogP contribution in [0.15, 0.2) is 54.6 Å². The number of halogens is 1. The highest BCUT2D eigenvalue weighted by Gasteiger charge is 2.30. The Morgan fingerprint density at radius 1 is 1.20 bits per heavy atom. The zero-order valence-electron chi connectivity index (χ0n) is 14.4. The molecule has 1 aliphatic rings. The summed E-state index contributed by atoms with van der Waals surface area (Å²) in [6.07, 6.45) is 2.37. The van der Waals surface area contributed by atoms with Crippen molar-refractivity contribution in [3.8, 4) is 5.75 Å². The van der Waals surface area contributed by atoms with E-state index >= 15 is 0 Å². The Labute approximate surface area is 155 Å². The third-order valence-electron chi connectivity index (χ3n) is 4.70. The molecule has 0 aromatic heterocycles. The molecule has 5 heteroatoms. The number of nitrogens with zero attached hydrogens (tertiary/aromatic N) is 1. The largest absolute Gasteiger partial charge is 0.497 e. The van der Waals surface area contributed by atoms with Gasteiger partial charge in [0.15, 0.2) is 0 Å². The maximum Gasteiger partial charge on any atom is 0.224 e. The first-order chi connectivity index (χ1) is 11.7. The van der Waals surface area contributed by atoms with Crippen LogP contribution in [0.2, 0.25) is 0 Å². The van der Waals surface area contributed by atoms with E-state index < -0.39 is 0 Å². The van der Waals surface area contributed by atoms with Gasteiger partial charge in [-0.1, -0.05) is 42.5 Å². The molecule has 0 aliphatic carbocycles. The molecule has 1 fully saturated rings. The summed E-state index contributed by atoms with van der Waals surface area (Å²) in [6.45, 7) is 0.803. The predicted molar refractivity (Wildman–Crippen MR) is 102 cm³/mol. The molecule has 1 amide bonds. The summed E-state index contributed by atoms with van der Waals surface area (Å²) in [5.41, 5.74) is 8.39. The van der Waals surface area contributed by atoms with E-state index in [1.54, 1.807) is 7.11 Å². The lowest BCUT2D eigenvalue weighted by molar-refractivity contribution is -0.132. The zero-order chi connectivity index (χ0) is 16.9. The quantitative estimate of drug-likeness (QED) is 0.880. The molecule has 2 unspecified atom stereocenters. The number of ether oxygens (including phenoxy) is 1. The van der Waals surface area contributed by atoms with Crippen molar-refractivity contribution in [2.45, 2.75) is 31.3 Å². The Balaban J connectivity index is 0.00000225. The van der Waals surface area contributed by atoms with Gasteiger partial charge in [0.2, 0.25) is 5.91 Å². The van der Waals surface area contributed by atoms with Gasteiger partial charge in [0, 0.05) is 19.0 Å². The Morgan fingerprint density at radius 2 is 1.88 bits per heavy atom. The number of likely N-dealkylation sites (tertiary alicyclic amines) is 1. The molecule has 0 saturated carbocycles. The van der Waals surface area contributed by atoms with E-state index in [1.165, 1.54) is 0 Å². The number of rotatable bonds is 5. The molecule has 2 aromatic rings. The van der Waals surface area contributed by atoms with Crippen LogP contribution >= 0.6 is 12.4 Å². The fourth-order valence-electron chi connectivity index (χ4n) is 3.36. The summed E-state index contributed by atoms with van der Waals surface area (Å²) < 4.78 is 5.21. The molecule has 3 rings (SSSR count). The average molecular weight is 361 g/mol. The third kappa shape index (κ3) is 4.53. The molecule has 2 aromatic carbocycles. The van der Waals surface area contributed by atoms with Crippen molar-refractivity contribution in [3.05, 3.63) is 65.7 Å². The van der Waals surface area contributed by atoms with Gasteiger partial charge < -0.3 is 15.4 Å². The Bertz CT molecular complexity index is 676. The lowest BCUT2D eigenvalue weighted by Gasteiger charge is -2.26. The first-order valence-electron chi connectivity index (χ1n) is 8.43. The van der Waals surface area contributed by atoms with Crippen molar-refractivity contribution in [2.75, 3.05) is 13.7 Å². The number of hydrogen-bond donors (Lipinski definition) is 1. The van der Waals surface area contributed by atoms with Gasteiger partial charge in [0.1, 0.15) is 5.75 Å². The number of nitrogens with two attached hydrogens (primary N) is 1. The topological polar surface area (TPSA) is 55.6 Å². The number of hydrogen-bond acceptors (Lipinski definition) is 3. The van der Waals surface area contributed by atoms with Crippen molar-refractivity contribution in [3.63, 3.8) is 0 Å². The Hall–Kier alpha value is -2.04. The van der Waals surface area contributed by atoms with Crippen molar-refractivity contribution in [2.24, 2.45) is 5.73 Å². The van der Waals surface area contributed by atoms with Crippen molar-refractivity contribution >= 4 is 18.3 Å². The van der Waals surface area contributed by atoms with Gasteiger partial charge in [-0.05, 0) is 36.1 Å². The van der Waals surface area contributed by atoms with Gasteiger partial charge in [0.25, 0.3) is 0 Å². The highest BCUT2D eigenvalue weighted by molar-refractivity contribution is 5.85. The lowest BCUT2D eigenvalue weighted by atomic mass is 10.0. The molecule has 2 atom stereocenters. The van der Waals surface area contributed by atoms with E-state index in [9.17, 15) is 4.79 Å². The summed E-state index contributed by atoms with van der Waals surface area (Å²) in [7, 11) is 1.66. The molecule has 1 saturated heterocycles. The average Bonchev–Trinajstić information content (AvgIpc) is 3.12. The molecule has 4 nitrogen and oxygen atoms in total. The van der Waals surface area contributed by atoms with E-state index in [0.717, 1.165) is 36.3 Å². The number of carbonyl (C=O) groups excluding carboxylic acids is 1. The molecular weight excluding hydrogens is 336 g/mol. The maximum atomic E-state index is 12.8. The van der Waals surface area contributed by atoms with E-state index in [4.69, 9.17) is 10.5 Å². The molecule has 25 heavy (non-hydrogen) atoms. The highest BCUT2D eigenvalue weighted by atomic mass is 35.5. The third-order valence-corrected chi connectivity index (χ3v) is 4.70. The minimum Gasteiger partial charge on any atom is -0.497 e. The molecule has 1 aliphatic heterocycles. The molecule has 2 N–H and O–H groups in total. The Kier molecular flexibility index (Phi) is 6.85. The van der Waals surface area contributed by atoms with Crippen molar-refractivity contribution < 1.29 is 9.53 Å². The fourth-order valence-corrected chi connectivity index (χ4v) is 3.36. The van der Waals surface area contributed by atoms with Gasteiger partial charge in [-0.25, -0.2) is 0 Å². The summed E-state index contributed by atoms with van der Waals surface area (Å²) in [6, 6.07) is 17.7. The smallest absolute Gasteiger partial charge is 0.224 e. The minimum atomic E-state index is -0.254. The van der Waals surface area contributed by atoms with Crippen LogP contribution < -0.4 is 10.5 Å². The van der Waals surface area contributed by atoms with Gasteiger partial charge in [-0.15, -0.1) is 12.4 Å². The number of carbonyl (C=O) groups is 1. The monoisotopic (exact) mass is 360 g/mol. The van der Waals surface area contributed by atoms with Crippen LogP contribution in [-0.4, -0.2) is 24.5 Å². The van der Waals surface area contributed by atoms with Crippen LogP contribution in [0.25, 0.3) is 0 Å². The van der Waals surface area contributed by atoms with Crippen molar-refractivity contribution in [1.82, 2.24) is 4.90 Å². The number of amides is 1. The van der Waals surface area contributed by atoms with E-state index in [2.05, 4.69) is 0 Å². The predicted octanol–water partition coefficient (Wildman–Crippen LogP) is 3.87. The SMILES string of the molecule is COc1ccc(C2CCCN2C(=O)CC(N)c2ccccc2)cc1.Cl. The van der Waals surface area contributed by atoms with Gasteiger partial charge >= 0.3 is 0 Å². The lowest BCUT2D eigenvalue weighted by Crippen LogP contribution is -2.32. The van der Waals surface area contributed by atoms with Gasteiger partial charge in [-0.2, -0.15) is 0 Å². The standard InChI is InChI=1S/C20H24N2O2.ClH/c1-24-17-11-9-16(10-12-17)19-8-5-13-22(19)20(23)14-18(21)15-6-3-2-4-7-15;/h2-4,6-7,9-12,18-19H,5,8,13-14,21H2,1H3;1H. The molecule has 134 valence electrons. The molecule has 0 radical (unpaired) electrons. The van der Waals surface area contributed by atoms with Crippen LogP contribution in [0.4, 0.5) is 0 Å². The van der Waals surface area contributed by atoms with Crippen LogP contribution in [-0.2, 0) is 4.79 Å². The number of methoxy groups -OCH3 is 1. The summed E-state index contributed by atoms with van der Waals surface area (Å²) in [4.78, 5) is 14.7. The maximum absolute atomic E-state index is 12.8. The van der Waals surface area contributed by atoms with E-state index in [-0.39, 0.29) is 30.4 Å². The Morgan fingerprint density at radius 3 is 2.52 bits per heavy atom. The second-order valence-corrected chi connectivity index (χ2v) is 6.24. The number of benzene rings is 2. The highest BCUT2D eigenvalue weighted by Crippen LogP contribution is 2.34. The summed E-state index contributed by atoms with van der Waals surface area (Å²) in [5.74, 6) is 0.963. The summed E-state index contributed by atoms with van der Waals surface area (Å²) >= 11 is 0. The first-order valence-corrected chi connectivity index (χ1v) is 8.43.